The number of hydrogen-bond donors (Lipinski definition) is 1. The van der Waals surface area contributed by atoms with Crippen molar-refractivity contribution in [3.8, 4) is 5.75 Å². The van der Waals surface area contributed by atoms with E-state index >= 15 is 0 Å². The molecule has 1 aromatic heterocycles. The predicted molar refractivity (Wildman–Crippen MR) is 81.0 cm³/mol. The van der Waals surface area contributed by atoms with Crippen molar-refractivity contribution >= 4 is 57.3 Å². The second-order valence-corrected chi connectivity index (χ2v) is 5.25. The van der Waals surface area contributed by atoms with Crippen molar-refractivity contribution in [2.75, 3.05) is 12.4 Å². The summed E-state index contributed by atoms with van der Waals surface area (Å²) in [5.41, 5.74) is 0.869. The predicted octanol–water partition coefficient (Wildman–Crippen LogP) is 4.14. The number of benzene rings is 1. The molecule has 0 saturated heterocycles. The van der Waals surface area contributed by atoms with E-state index in [2.05, 4.69) is 37.9 Å². The first-order valence-electron chi connectivity index (χ1n) is 4.88. The lowest BCUT2D eigenvalue weighted by Crippen LogP contribution is -2.00. The number of anilines is 2. The molecular weight excluding hydrogens is 388 g/mol. The number of rotatable bonds is 3. The fraction of sp³-hybridized carbons (Fsp3) is 0.0909. The minimum absolute atomic E-state index is 0.263. The normalized spacial score (nSPS) is 10.2. The van der Waals surface area contributed by atoms with Crippen molar-refractivity contribution < 1.29 is 4.74 Å². The summed E-state index contributed by atoms with van der Waals surface area (Å²) < 4.78 is 6.13. The van der Waals surface area contributed by atoms with Gasteiger partial charge in [-0.3, -0.25) is 0 Å². The minimum atomic E-state index is 0.263. The van der Waals surface area contributed by atoms with Crippen LogP contribution in [0.15, 0.2) is 24.5 Å². The van der Waals surface area contributed by atoms with Crippen LogP contribution in [0.25, 0.3) is 0 Å². The molecule has 0 saturated carbocycles. The fourth-order valence-corrected chi connectivity index (χ4v) is 2.56. The molecule has 0 spiro atoms. The summed E-state index contributed by atoms with van der Waals surface area (Å²) in [7, 11) is 1.52. The van der Waals surface area contributed by atoms with Gasteiger partial charge in [0.15, 0.2) is 16.7 Å². The van der Waals surface area contributed by atoms with Crippen LogP contribution in [0.1, 0.15) is 0 Å². The van der Waals surface area contributed by atoms with Crippen LogP contribution in [0.4, 0.5) is 11.5 Å². The highest BCUT2D eigenvalue weighted by Crippen LogP contribution is 2.32. The second-order valence-electron chi connectivity index (χ2n) is 3.30. The van der Waals surface area contributed by atoms with Crippen molar-refractivity contribution in [3.63, 3.8) is 0 Å². The minimum Gasteiger partial charge on any atom is -0.490 e. The summed E-state index contributed by atoms with van der Waals surface area (Å²) in [6, 6.07) is 5.50. The third-order valence-corrected chi connectivity index (χ3v) is 3.55. The average molecular weight is 396 g/mol. The first-order chi connectivity index (χ1) is 8.61. The Labute approximate surface area is 128 Å². The number of methoxy groups -OCH3 is 1. The summed E-state index contributed by atoms with van der Waals surface area (Å²) in [6.45, 7) is 0. The van der Waals surface area contributed by atoms with Gasteiger partial charge in [-0.25, -0.2) is 9.97 Å². The lowest BCUT2D eigenvalue weighted by atomic mass is 10.3. The molecule has 2 aromatic rings. The Balaban J connectivity index is 2.37. The van der Waals surface area contributed by atoms with Gasteiger partial charge in [0.1, 0.15) is 6.33 Å². The van der Waals surface area contributed by atoms with Gasteiger partial charge in [0.25, 0.3) is 0 Å². The van der Waals surface area contributed by atoms with Crippen molar-refractivity contribution in [1.82, 2.24) is 9.97 Å². The van der Waals surface area contributed by atoms with Crippen LogP contribution in [-0.4, -0.2) is 17.1 Å². The Morgan fingerprint density at radius 3 is 2.72 bits per heavy atom. The molecule has 94 valence electrons. The molecule has 0 bridgehead atoms. The molecule has 0 unspecified atom stereocenters. The maximum Gasteiger partial charge on any atom is 0.199 e. The molecule has 0 atom stereocenters. The van der Waals surface area contributed by atoms with Gasteiger partial charge in [0, 0.05) is 8.59 Å². The topological polar surface area (TPSA) is 47.0 Å². The Morgan fingerprint density at radius 1 is 1.28 bits per heavy atom. The van der Waals surface area contributed by atoms with Crippen LogP contribution >= 0.6 is 45.8 Å². The van der Waals surface area contributed by atoms with Gasteiger partial charge >= 0.3 is 0 Å². The Bertz CT molecular complexity index is 580. The molecule has 2 rings (SSSR count). The first-order valence-corrected chi connectivity index (χ1v) is 6.72. The number of ether oxygens (including phenoxy) is 1. The van der Waals surface area contributed by atoms with E-state index in [1.165, 1.54) is 13.4 Å². The van der Waals surface area contributed by atoms with Crippen molar-refractivity contribution in [1.29, 1.82) is 0 Å². The van der Waals surface area contributed by atoms with Crippen LogP contribution < -0.4 is 10.1 Å². The lowest BCUT2D eigenvalue weighted by Gasteiger charge is -2.11. The molecule has 7 heteroatoms. The molecule has 0 radical (unpaired) electrons. The Hall–Kier alpha value is -0.790. The number of hydrogen-bond acceptors (Lipinski definition) is 4. The molecule has 0 amide bonds. The molecule has 0 fully saturated rings. The van der Waals surface area contributed by atoms with Crippen LogP contribution in [0.3, 0.4) is 0 Å². The van der Waals surface area contributed by atoms with Crippen molar-refractivity contribution in [2.45, 2.75) is 0 Å². The number of aromatic nitrogens is 2. The van der Waals surface area contributed by atoms with E-state index < -0.39 is 0 Å². The van der Waals surface area contributed by atoms with Gasteiger partial charge in [-0.2, -0.15) is 0 Å². The quantitative estimate of drug-likeness (QED) is 0.626. The Kier molecular flexibility index (Phi) is 4.47. The van der Waals surface area contributed by atoms with E-state index in [4.69, 9.17) is 27.9 Å². The molecule has 0 aliphatic carbocycles. The van der Waals surface area contributed by atoms with E-state index in [0.717, 1.165) is 9.26 Å². The average Bonchev–Trinajstić information content (AvgIpc) is 2.33. The SMILES string of the molecule is COc1c(Cl)ncnc1Nc1ccc(Cl)cc1I. The second kappa shape index (κ2) is 5.90. The van der Waals surface area contributed by atoms with Crippen LogP contribution in [-0.2, 0) is 0 Å². The highest BCUT2D eigenvalue weighted by molar-refractivity contribution is 14.1. The largest absolute Gasteiger partial charge is 0.490 e. The number of nitrogens with zero attached hydrogens (tertiary/aromatic N) is 2. The fourth-order valence-electron chi connectivity index (χ4n) is 1.34. The number of halogens is 3. The molecule has 0 aliphatic heterocycles. The number of nitrogens with one attached hydrogen (secondary N) is 1. The highest BCUT2D eigenvalue weighted by Gasteiger charge is 2.11. The van der Waals surface area contributed by atoms with E-state index in [-0.39, 0.29) is 5.15 Å². The Morgan fingerprint density at radius 2 is 2.06 bits per heavy atom. The molecule has 1 N–H and O–H groups in total. The van der Waals surface area contributed by atoms with Crippen molar-refractivity contribution in [3.05, 3.63) is 38.3 Å². The zero-order valence-corrected chi connectivity index (χ0v) is 12.9. The van der Waals surface area contributed by atoms with E-state index in [1.54, 1.807) is 6.07 Å². The first kappa shape index (κ1) is 13.6. The van der Waals surface area contributed by atoms with E-state index in [9.17, 15) is 0 Å². The summed E-state index contributed by atoms with van der Waals surface area (Å²) in [5.74, 6) is 0.919. The molecule has 18 heavy (non-hydrogen) atoms. The molecule has 1 aromatic carbocycles. The molecule has 0 aliphatic rings. The van der Waals surface area contributed by atoms with E-state index in [1.807, 2.05) is 12.1 Å². The van der Waals surface area contributed by atoms with Gasteiger partial charge in [-0.05, 0) is 40.8 Å². The van der Waals surface area contributed by atoms with Gasteiger partial charge < -0.3 is 10.1 Å². The standard InChI is InChI=1S/C11H8Cl2IN3O/c1-18-9-10(13)15-5-16-11(9)17-8-3-2-6(12)4-7(8)14/h2-5H,1H3,(H,15,16,17). The monoisotopic (exact) mass is 395 g/mol. The van der Waals surface area contributed by atoms with Gasteiger partial charge in [-0.15, -0.1) is 0 Å². The van der Waals surface area contributed by atoms with Gasteiger partial charge in [0.05, 0.1) is 12.8 Å². The van der Waals surface area contributed by atoms with Crippen LogP contribution in [0.2, 0.25) is 10.2 Å². The van der Waals surface area contributed by atoms with Crippen LogP contribution in [0.5, 0.6) is 5.75 Å². The summed E-state index contributed by atoms with van der Waals surface area (Å²) in [6.07, 6.45) is 1.37. The molecular formula is C11H8Cl2IN3O. The maximum absolute atomic E-state index is 5.92. The van der Waals surface area contributed by atoms with Gasteiger partial charge in [0.2, 0.25) is 0 Å². The zero-order valence-electron chi connectivity index (χ0n) is 9.25. The lowest BCUT2D eigenvalue weighted by molar-refractivity contribution is 0.413. The summed E-state index contributed by atoms with van der Waals surface area (Å²) in [4.78, 5) is 7.96. The third kappa shape index (κ3) is 2.96. The maximum atomic E-state index is 5.92. The smallest absolute Gasteiger partial charge is 0.199 e. The molecule has 4 nitrogen and oxygen atoms in total. The zero-order chi connectivity index (χ0) is 13.1. The van der Waals surface area contributed by atoms with Gasteiger partial charge in [-0.1, -0.05) is 23.2 Å². The highest BCUT2D eigenvalue weighted by atomic mass is 127. The summed E-state index contributed by atoms with van der Waals surface area (Å²) >= 11 is 14.0. The summed E-state index contributed by atoms with van der Waals surface area (Å²) in [5, 5.41) is 4.07. The van der Waals surface area contributed by atoms with E-state index in [0.29, 0.717) is 16.6 Å². The van der Waals surface area contributed by atoms with Crippen LogP contribution in [0, 0.1) is 3.57 Å². The van der Waals surface area contributed by atoms with Crippen molar-refractivity contribution in [2.24, 2.45) is 0 Å². The molecule has 1 heterocycles. The third-order valence-electron chi connectivity index (χ3n) is 2.15.